The van der Waals surface area contributed by atoms with Crippen molar-refractivity contribution < 1.29 is 19.0 Å². The molecule has 0 aliphatic carbocycles. The molecule has 4 rings (SSSR count). The summed E-state index contributed by atoms with van der Waals surface area (Å²) in [6, 6.07) is 7.59. The largest absolute Gasteiger partial charge is 0.493 e. The van der Waals surface area contributed by atoms with Gasteiger partial charge in [0.25, 0.3) is 0 Å². The predicted molar refractivity (Wildman–Crippen MR) is 126 cm³/mol. The molecule has 8 nitrogen and oxygen atoms in total. The zero-order valence-corrected chi connectivity index (χ0v) is 20.2. The van der Waals surface area contributed by atoms with Crippen LogP contribution in [0.2, 0.25) is 0 Å². The first-order valence-corrected chi connectivity index (χ1v) is 11.4. The van der Waals surface area contributed by atoms with Gasteiger partial charge in [-0.3, -0.25) is 4.79 Å². The highest BCUT2D eigenvalue weighted by atomic mass is 32.1. The highest BCUT2D eigenvalue weighted by Crippen LogP contribution is 2.33. The molecule has 0 atom stereocenters. The van der Waals surface area contributed by atoms with Crippen LogP contribution in [-0.4, -0.2) is 39.8 Å². The van der Waals surface area contributed by atoms with E-state index in [-0.39, 0.29) is 19.0 Å². The normalized spacial score (nSPS) is 11.1. The molecule has 0 saturated heterocycles. The lowest BCUT2D eigenvalue weighted by molar-refractivity contribution is -0.145. The minimum atomic E-state index is -0.272. The number of nitrogens with zero attached hydrogens (tertiary/aromatic N) is 4. The van der Waals surface area contributed by atoms with Crippen molar-refractivity contribution in [3.63, 3.8) is 0 Å². The van der Waals surface area contributed by atoms with Crippen LogP contribution in [0, 0.1) is 20.8 Å². The molecule has 0 bridgehead atoms. The Balaban J connectivity index is 1.37. The minimum Gasteiger partial charge on any atom is -0.493 e. The van der Waals surface area contributed by atoms with Crippen molar-refractivity contribution in [1.29, 1.82) is 0 Å². The molecule has 0 aliphatic rings. The van der Waals surface area contributed by atoms with Crippen LogP contribution in [-0.2, 0) is 22.6 Å². The van der Waals surface area contributed by atoms with Gasteiger partial charge in [-0.25, -0.2) is 14.5 Å². The summed E-state index contributed by atoms with van der Waals surface area (Å²) in [6.45, 7) is 6.03. The second-order valence-corrected chi connectivity index (χ2v) is 8.55. The lowest BCUT2D eigenvalue weighted by Gasteiger charge is -2.10. The molecule has 0 radical (unpaired) electrons. The number of thiazole rings is 1. The number of aromatic nitrogens is 4. The lowest BCUT2D eigenvalue weighted by atomic mass is 10.1. The van der Waals surface area contributed by atoms with Crippen molar-refractivity contribution in [3.05, 3.63) is 58.0 Å². The van der Waals surface area contributed by atoms with E-state index < -0.39 is 0 Å². The standard InChI is InChI=1S/C24H26N4O4S/c1-14-10-22-25-15(2)19(16(3)28(22)27-14)7-9-23(29)32-12-18-13-33-24(26-18)17-6-8-20(30-4)21(11-17)31-5/h6,8,10-11,13H,7,9,12H2,1-5H3. The summed E-state index contributed by atoms with van der Waals surface area (Å²) in [4.78, 5) is 21.6. The van der Waals surface area contributed by atoms with Crippen LogP contribution in [0.1, 0.15) is 34.8 Å². The molecule has 0 amide bonds. The Morgan fingerprint density at radius 2 is 1.85 bits per heavy atom. The van der Waals surface area contributed by atoms with Gasteiger partial charge >= 0.3 is 5.97 Å². The summed E-state index contributed by atoms with van der Waals surface area (Å²) in [6.07, 6.45) is 0.814. The van der Waals surface area contributed by atoms with Crippen LogP contribution in [0.15, 0.2) is 29.6 Å². The van der Waals surface area contributed by atoms with Gasteiger partial charge in [-0.05, 0) is 51.0 Å². The Morgan fingerprint density at radius 1 is 1.06 bits per heavy atom. The fourth-order valence-corrected chi connectivity index (χ4v) is 4.53. The molecule has 33 heavy (non-hydrogen) atoms. The van der Waals surface area contributed by atoms with Gasteiger partial charge in [0.05, 0.1) is 25.6 Å². The quantitative estimate of drug-likeness (QED) is 0.354. The fourth-order valence-electron chi connectivity index (χ4n) is 3.73. The lowest BCUT2D eigenvalue weighted by Crippen LogP contribution is -2.10. The predicted octanol–water partition coefficient (Wildman–Crippen LogP) is 4.47. The van der Waals surface area contributed by atoms with E-state index in [2.05, 4.69) is 15.1 Å². The number of hydrogen-bond acceptors (Lipinski definition) is 8. The molecule has 0 unspecified atom stereocenters. The van der Waals surface area contributed by atoms with E-state index in [0.717, 1.165) is 38.9 Å². The van der Waals surface area contributed by atoms with Gasteiger partial charge in [0, 0.05) is 34.8 Å². The highest BCUT2D eigenvalue weighted by Gasteiger charge is 2.15. The van der Waals surface area contributed by atoms with E-state index in [1.807, 2.05) is 54.9 Å². The zero-order chi connectivity index (χ0) is 23.5. The third-order valence-corrected chi connectivity index (χ3v) is 6.37. The van der Waals surface area contributed by atoms with E-state index in [1.54, 1.807) is 14.2 Å². The molecule has 1 aromatic carbocycles. The van der Waals surface area contributed by atoms with Crippen molar-refractivity contribution in [3.8, 4) is 22.1 Å². The number of benzene rings is 1. The van der Waals surface area contributed by atoms with Crippen LogP contribution in [0.5, 0.6) is 11.5 Å². The van der Waals surface area contributed by atoms with Crippen LogP contribution >= 0.6 is 11.3 Å². The molecular weight excluding hydrogens is 440 g/mol. The molecule has 0 aliphatic heterocycles. The maximum absolute atomic E-state index is 12.4. The third-order valence-electron chi connectivity index (χ3n) is 5.43. The Morgan fingerprint density at radius 3 is 2.61 bits per heavy atom. The SMILES string of the molecule is COc1ccc(-c2nc(COC(=O)CCc3c(C)nc4cc(C)nn4c3C)cs2)cc1OC. The maximum Gasteiger partial charge on any atom is 0.306 e. The summed E-state index contributed by atoms with van der Waals surface area (Å²) in [7, 11) is 3.20. The number of carbonyl (C=O) groups excluding carboxylic acids is 1. The molecule has 3 heterocycles. The third kappa shape index (κ3) is 4.83. The smallest absolute Gasteiger partial charge is 0.306 e. The van der Waals surface area contributed by atoms with Gasteiger partial charge in [-0.1, -0.05) is 0 Å². The van der Waals surface area contributed by atoms with E-state index in [4.69, 9.17) is 14.2 Å². The van der Waals surface area contributed by atoms with E-state index in [1.165, 1.54) is 11.3 Å². The van der Waals surface area contributed by atoms with Gasteiger partial charge in [-0.15, -0.1) is 11.3 Å². The van der Waals surface area contributed by atoms with E-state index >= 15 is 0 Å². The fraction of sp³-hybridized carbons (Fsp3) is 0.333. The number of hydrogen-bond donors (Lipinski definition) is 0. The number of fused-ring (bicyclic) bond motifs is 1. The summed E-state index contributed by atoms with van der Waals surface area (Å²) >= 11 is 1.49. The molecule has 0 fully saturated rings. The summed E-state index contributed by atoms with van der Waals surface area (Å²) in [5.41, 5.74) is 6.29. The van der Waals surface area contributed by atoms with E-state index in [9.17, 15) is 4.79 Å². The molecule has 3 aromatic heterocycles. The average molecular weight is 467 g/mol. The Bertz CT molecular complexity index is 1310. The maximum atomic E-state index is 12.4. The molecular formula is C24H26N4O4S. The number of aryl methyl sites for hydroxylation is 3. The van der Waals surface area contributed by atoms with Crippen LogP contribution < -0.4 is 9.47 Å². The Kier molecular flexibility index (Phi) is 6.60. The first kappa shape index (κ1) is 22.7. The average Bonchev–Trinajstić information content (AvgIpc) is 3.43. The zero-order valence-electron chi connectivity index (χ0n) is 19.3. The second-order valence-electron chi connectivity index (χ2n) is 7.69. The molecule has 0 spiro atoms. The van der Waals surface area contributed by atoms with Crippen LogP contribution in [0.3, 0.4) is 0 Å². The van der Waals surface area contributed by atoms with Gasteiger partial charge in [0.1, 0.15) is 11.6 Å². The van der Waals surface area contributed by atoms with Crippen LogP contribution in [0.4, 0.5) is 0 Å². The van der Waals surface area contributed by atoms with Crippen LogP contribution in [0.25, 0.3) is 16.2 Å². The minimum absolute atomic E-state index is 0.135. The van der Waals surface area contributed by atoms with Crippen molar-refractivity contribution in [2.45, 2.75) is 40.2 Å². The van der Waals surface area contributed by atoms with Crippen molar-refractivity contribution in [1.82, 2.24) is 19.6 Å². The molecule has 0 N–H and O–H groups in total. The summed E-state index contributed by atoms with van der Waals surface area (Å²) < 4.78 is 17.9. The number of ether oxygens (including phenoxy) is 3. The summed E-state index contributed by atoms with van der Waals surface area (Å²) in [5.74, 6) is 1.03. The highest BCUT2D eigenvalue weighted by molar-refractivity contribution is 7.13. The first-order chi connectivity index (χ1) is 15.9. The Labute approximate surface area is 196 Å². The topological polar surface area (TPSA) is 87.8 Å². The van der Waals surface area contributed by atoms with E-state index in [0.29, 0.717) is 23.6 Å². The van der Waals surface area contributed by atoms with Crippen molar-refractivity contribution in [2.75, 3.05) is 14.2 Å². The van der Waals surface area contributed by atoms with Crippen molar-refractivity contribution >= 4 is 23.0 Å². The molecule has 172 valence electrons. The summed E-state index contributed by atoms with van der Waals surface area (Å²) in [5, 5.41) is 7.20. The van der Waals surface area contributed by atoms with Gasteiger partial charge in [0.2, 0.25) is 0 Å². The van der Waals surface area contributed by atoms with Gasteiger partial charge in [-0.2, -0.15) is 5.10 Å². The number of esters is 1. The van der Waals surface area contributed by atoms with Gasteiger partial charge in [0.15, 0.2) is 17.1 Å². The molecule has 4 aromatic rings. The monoisotopic (exact) mass is 466 g/mol. The Hall–Kier alpha value is -3.46. The number of methoxy groups -OCH3 is 2. The second kappa shape index (κ2) is 9.58. The number of carbonyl (C=O) groups is 1. The first-order valence-electron chi connectivity index (χ1n) is 10.5. The number of rotatable bonds is 8. The van der Waals surface area contributed by atoms with Gasteiger partial charge < -0.3 is 14.2 Å². The molecule has 9 heteroatoms. The molecule has 0 saturated carbocycles. The van der Waals surface area contributed by atoms with Crippen molar-refractivity contribution in [2.24, 2.45) is 0 Å².